The molecule has 2 rings (SSSR count). The minimum absolute atomic E-state index is 0.288. The number of carbonyl (C=O) groups excluding carboxylic acids is 1. The van der Waals surface area contributed by atoms with Crippen LogP contribution in [0.2, 0.25) is 5.02 Å². The Morgan fingerprint density at radius 1 is 1.50 bits per heavy atom. The van der Waals surface area contributed by atoms with Crippen LogP contribution >= 0.6 is 11.6 Å². The fraction of sp³-hybridized carbons (Fsp3) is 0.462. The Kier molecular flexibility index (Phi) is 3.50. The first-order valence-corrected chi connectivity index (χ1v) is 6.13. The third kappa shape index (κ3) is 2.44. The van der Waals surface area contributed by atoms with E-state index in [9.17, 15) is 4.79 Å². The molecule has 0 spiro atoms. The molecule has 1 heterocycles. The van der Waals surface area contributed by atoms with Gasteiger partial charge in [0.25, 0.3) is 6.29 Å². The lowest BCUT2D eigenvalue weighted by Crippen LogP contribution is -2.43. The number of esters is 1. The lowest BCUT2D eigenvalue weighted by molar-refractivity contribution is -0.210. The maximum atomic E-state index is 11.7. The van der Waals surface area contributed by atoms with Gasteiger partial charge in [-0.3, -0.25) is 0 Å². The second-order valence-corrected chi connectivity index (χ2v) is 4.91. The number of rotatable bonds is 2. The summed E-state index contributed by atoms with van der Waals surface area (Å²) in [5.41, 5.74) is 0.158. The van der Waals surface area contributed by atoms with Crippen molar-refractivity contribution in [2.75, 3.05) is 6.61 Å². The monoisotopic (exact) mass is 270 g/mol. The zero-order chi connectivity index (χ0) is 13.3. The summed E-state index contributed by atoms with van der Waals surface area (Å²) in [5, 5.41) is 0.601. The minimum Gasteiger partial charge on any atom is -0.461 e. The van der Waals surface area contributed by atoms with E-state index in [0.717, 1.165) is 5.56 Å². The normalized spacial score (nSPS) is 20.8. The van der Waals surface area contributed by atoms with Crippen molar-refractivity contribution in [3.63, 3.8) is 0 Å². The van der Waals surface area contributed by atoms with Crippen molar-refractivity contribution >= 4 is 17.6 Å². The van der Waals surface area contributed by atoms with E-state index in [4.69, 9.17) is 25.8 Å². The number of carbonyl (C=O) groups is 1. The zero-order valence-electron chi connectivity index (χ0n) is 10.5. The average Bonchev–Trinajstić information content (AvgIpc) is 2.29. The molecular formula is C13H15ClO4. The standard InChI is InChI=1S/C13H15ClO4/c1-4-16-11(15)12-17-10-6-5-8(14)7-9(10)13(2,3)18-12/h5-7,12H,4H2,1-3H3. The van der Waals surface area contributed by atoms with Gasteiger partial charge < -0.3 is 14.2 Å². The first-order chi connectivity index (χ1) is 8.44. The van der Waals surface area contributed by atoms with Gasteiger partial charge in [-0.15, -0.1) is 0 Å². The van der Waals surface area contributed by atoms with E-state index in [-0.39, 0.29) is 6.61 Å². The van der Waals surface area contributed by atoms with Gasteiger partial charge >= 0.3 is 5.97 Å². The molecule has 1 atom stereocenters. The molecule has 0 radical (unpaired) electrons. The molecule has 18 heavy (non-hydrogen) atoms. The fourth-order valence-electron chi connectivity index (χ4n) is 1.85. The predicted molar refractivity (Wildman–Crippen MR) is 66.6 cm³/mol. The van der Waals surface area contributed by atoms with Crippen molar-refractivity contribution in [2.45, 2.75) is 32.7 Å². The molecule has 1 aliphatic heterocycles. The maximum Gasteiger partial charge on any atom is 0.376 e. The van der Waals surface area contributed by atoms with Gasteiger partial charge in [0.15, 0.2) is 0 Å². The number of hydrogen-bond donors (Lipinski definition) is 0. The molecule has 1 aromatic carbocycles. The van der Waals surface area contributed by atoms with Gasteiger partial charge in [0.1, 0.15) is 5.75 Å². The molecule has 0 amide bonds. The molecule has 0 N–H and O–H groups in total. The van der Waals surface area contributed by atoms with Gasteiger partial charge in [-0.2, -0.15) is 0 Å². The molecular weight excluding hydrogens is 256 g/mol. The van der Waals surface area contributed by atoms with Gasteiger partial charge in [0.05, 0.1) is 12.2 Å². The topological polar surface area (TPSA) is 44.8 Å². The molecule has 0 aliphatic carbocycles. The zero-order valence-corrected chi connectivity index (χ0v) is 11.3. The molecule has 1 aliphatic rings. The summed E-state index contributed by atoms with van der Waals surface area (Å²) in [4.78, 5) is 11.7. The lowest BCUT2D eigenvalue weighted by atomic mass is 9.96. The quantitative estimate of drug-likeness (QED) is 0.775. The van der Waals surface area contributed by atoms with Crippen LogP contribution in [0.5, 0.6) is 5.75 Å². The first-order valence-electron chi connectivity index (χ1n) is 5.75. The summed E-state index contributed by atoms with van der Waals surface area (Å²) in [5.74, 6) is 0.0693. The van der Waals surface area contributed by atoms with Crippen LogP contribution in [0, 0.1) is 0 Å². The Bertz CT molecular complexity index is 470. The van der Waals surface area contributed by atoms with Gasteiger partial charge in [-0.1, -0.05) is 11.6 Å². The van der Waals surface area contributed by atoms with E-state index in [1.54, 1.807) is 25.1 Å². The smallest absolute Gasteiger partial charge is 0.376 e. The summed E-state index contributed by atoms with van der Waals surface area (Å²) in [6.45, 7) is 5.74. The lowest BCUT2D eigenvalue weighted by Gasteiger charge is -2.36. The predicted octanol–water partition coefficient (Wildman–Crippen LogP) is 2.87. The molecule has 1 aromatic rings. The highest BCUT2D eigenvalue weighted by Gasteiger charge is 2.39. The molecule has 0 saturated carbocycles. The van der Waals surface area contributed by atoms with E-state index in [1.165, 1.54) is 0 Å². The second kappa shape index (κ2) is 4.78. The second-order valence-electron chi connectivity index (χ2n) is 4.47. The number of hydrogen-bond acceptors (Lipinski definition) is 4. The van der Waals surface area contributed by atoms with E-state index < -0.39 is 17.9 Å². The maximum absolute atomic E-state index is 11.7. The van der Waals surface area contributed by atoms with Crippen molar-refractivity contribution in [3.8, 4) is 5.75 Å². The van der Waals surface area contributed by atoms with E-state index >= 15 is 0 Å². The van der Waals surface area contributed by atoms with Gasteiger partial charge in [-0.05, 0) is 39.0 Å². The Balaban J connectivity index is 2.32. The van der Waals surface area contributed by atoms with Crippen LogP contribution in [-0.4, -0.2) is 18.9 Å². The van der Waals surface area contributed by atoms with Crippen molar-refractivity contribution in [1.29, 1.82) is 0 Å². The molecule has 0 aromatic heterocycles. The number of fused-ring (bicyclic) bond motifs is 1. The van der Waals surface area contributed by atoms with Crippen LogP contribution in [0.3, 0.4) is 0 Å². The summed E-state index contributed by atoms with van der Waals surface area (Å²) in [6.07, 6.45) is -1.03. The Morgan fingerprint density at radius 2 is 2.22 bits per heavy atom. The highest BCUT2D eigenvalue weighted by Crippen LogP contribution is 2.40. The van der Waals surface area contributed by atoms with Crippen LogP contribution in [-0.2, 0) is 19.9 Å². The molecule has 0 saturated heterocycles. The largest absolute Gasteiger partial charge is 0.461 e. The SMILES string of the molecule is CCOC(=O)C1Oc2ccc(Cl)cc2C(C)(C)O1. The van der Waals surface area contributed by atoms with Crippen LogP contribution in [0.4, 0.5) is 0 Å². The van der Waals surface area contributed by atoms with Crippen molar-refractivity contribution < 1.29 is 19.0 Å². The third-order valence-corrected chi connectivity index (χ3v) is 2.94. The van der Waals surface area contributed by atoms with E-state index in [0.29, 0.717) is 10.8 Å². The molecule has 5 heteroatoms. The molecule has 0 fully saturated rings. The van der Waals surface area contributed by atoms with Crippen molar-refractivity contribution in [3.05, 3.63) is 28.8 Å². The van der Waals surface area contributed by atoms with Gasteiger partial charge in [-0.25, -0.2) is 4.79 Å². The molecule has 4 nitrogen and oxygen atoms in total. The van der Waals surface area contributed by atoms with Crippen LogP contribution in [0.15, 0.2) is 18.2 Å². The summed E-state index contributed by atoms with van der Waals surface area (Å²) >= 11 is 5.95. The van der Waals surface area contributed by atoms with E-state index in [2.05, 4.69) is 0 Å². The summed E-state index contributed by atoms with van der Waals surface area (Å²) in [7, 11) is 0. The average molecular weight is 271 g/mol. The van der Waals surface area contributed by atoms with Gasteiger partial charge in [0, 0.05) is 10.6 Å². The molecule has 98 valence electrons. The molecule has 0 bridgehead atoms. The summed E-state index contributed by atoms with van der Waals surface area (Å²) < 4.78 is 16.0. The molecule has 1 unspecified atom stereocenters. The van der Waals surface area contributed by atoms with Gasteiger partial charge in [0.2, 0.25) is 0 Å². The fourth-order valence-corrected chi connectivity index (χ4v) is 2.02. The Hall–Kier alpha value is -1.26. The number of benzene rings is 1. The Labute approximate surface area is 111 Å². The number of ether oxygens (including phenoxy) is 3. The van der Waals surface area contributed by atoms with Crippen LogP contribution in [0.25, 0.3) is 0 Å². The minimum atomic E-state index is -1.03. The first kappa shape index (κ1) is 13.2. The highest BCUT2D eigenvalue weighted by atomic mass is 35.5. The third-order valence-electron chi connectivity index (χ3n) is 2.70. The Morgan fingerprint density at radius 3 is 2.89 bits per heavy atom. The van der Waals surface area contributed by atoms with Crippen LogP contribution < -0.4 is 4.74 Å². The van der Waals surface area contributed by atoms with Crippen molar-refractivity contribution in [1.82, 2.24) is 0 Å². The summed E-state index contributed by atoms with van der Waals surface area (Å²) in [6, 6.07) is 5.22. The van der Waals surface area contributed by atoms with E-state index in [1.807, 2.05) is 13.8 Å². The highest BCUT2D eigenvalue weighted by molar-refractivity contribution is 6.30. The van der Waals surface area contributed by atoms with Crippen molar-refractivity contribution in [2.24, 2.45) is 0 Å². The van der Waals surface area contributed by atoms with Crippen LogP contribution in [0.1, 0.15) is 26.3 Å². The number of halogens is 1.